The first kappa shape index (κ1) is 13.2. The number of hydrogen-bond donors (Lipinski definition) is 1. The van der Waals surface area contributed by atoms with E-state index in [0.717, 1.165) is 0 Å². The third-order valence-corrected chi connectivity index (χ3v) is 2.32. The molecule has 19 heavy (non-hydrogen) atoms. The minimum Gasteiger partial charge on any atom is -0.378 e. The molecule has 0 aliphatic rings. The molecule has 102 valence electrons. The zero-order chi connectivity index (χ0) is 14.0. The van der Waals surface area contributed by atoms with E-state index >= 15 is 0 Å². The number of nitrogens with zero attached hydrogens (tertiary/aromatic N) is 3. The van der Waals surface area contributed by atoms with Crippen LogP contribution in [0.5, 0.6) is 0 Å². The van der Waals surface area contributed by atoms with Gasteiger partial charge >= 0.3 is 0 Å². The van der Waals surface area contributed by atoms with Crippen LogP contribution in [-0.4, -0.2) is 21.5 Å². The number of halogens is 5. The largest absolute Gasteiger partial charge is 0.378 e. The van der Waals surface area contributed by atoms with Crippen LogP contribution >= 0.6 is 0 Å². The van der Waals surface area contributed by atoms with Crippen LogP contribution in [0.25, 0.3) is 0 Å². The number of nitrogens with one attached hydrogen (secondary N) is 1. The first-order valence-corrected chi connectivity index (χ1v) is 5.11. The SMILES string of the molecule is Fc1c(F)c(F)c(NCCn2ccnn2)c(F)c1F. The summed E-state index contributed by atoms with van der Waals surface area (Å²) in [6.45, 7) is 0.0706. The van der Waals surface area contributed by atoms with Crippen molar-refractivity contribution in [3.8, 4) is 0 Å². The Morgan fingerprint density at radius 2 is 1.53 bits per heavy atom. The third-order valence-electron chi connectivity index (χ3n) is 2.32. The Labute approximate surface area is 103 Å². The van der Waals surface area contributed by atoms with E-state index in [1.54, 1.807) is 0 Å². The molecule has 0 bridgehead atoms. The summed E-state index contributed by atoms with van der Waals surface area (Å²) < 4.78 is 66.3. The van der Waals surface area contributed by atoms with Crippen molar-refractivity contribution >= 4 is 5.69 Å². The predicted octanol–water partition coefficient (Wildman–Crippen LogP) is 2.09. The van der Waals surface area contributed by atoms with E-state index in [2.05, 4.69) is 15.6 Å². The van der Waals surface area contributed by atoms with Crippen LogP contribution in [0.15, 0.2) is 12.4 Å². The average molecular weight is 278 g/mol. The van der Waals surface area contributed by atoms with Gasteiger partial charge < -0.3 is 5.32 Å². The lowest BCUT2D eigenvalue weighted by atomic mass is 10.2. The molecule has 1 aromatic carbocycles. The highest BCUT2D eigenvalue weighted by Gasteiger charge is 2.25. The zero-order valence-electron chi connectivity index (χ0n) is 9.30. The van der Waals surface area contributed by atoms with Gasteiger partial charge in [-0.3, -0.25) is 4.68 Å². The van der Waals surface area contributed by atoms with Crippen LogP contribution in [0.2, 0.25) is 0 Å². The van der Waals surface area contributed by atoms with Gasteiger partial charge in [0.2, 0.25) is 5.82 Å². The third kappa shape index (κ3) is 2.49. The molecule has 0 aliphatic carbocycles. The van der Waals surface area contributed by atoms with Crippen molar-refractivity contribution in [1.82, 2.24) is 15.0 Å². The van der Waals surface area contributed by atoms with E-state index in [0.29, 0.717) is 0 Å². The first-order chi connectivity index (χ1) is 9.02. The molecule has 0 spiro atoms. The maximum Gasteiger partial charge on any atom is 0.200 e. The maximum absolute atomic E-state index is 13.3. The molecule has 9 heteroatoms. The Bertz CT molecular complexity index is 555. The number of rotatable bonds is 4. The lowest BCUT2D eigenvalue weighted by molar-refractivity contribution is 0.381. The second kappa shape index (κ2) is 5.21. The molecule has 2 rings (SSSR count). The quantitative estimate of drug-likeness (QED) is 0.529. The average Bonchev–Trinajstić information content (AvgIpc) is 2.91. The Hall–Kier alpha value is -2.19. The van der Waals surface area contributed by atoms with Gasteiger partial charge in [0.15, 0.2) is 23.3 Å². The van der Waals surface area contributed by atoms with Crippen LogP contribution in [0, 0.1) is 29.1 Å². The molecular formula is C10H7F5N4. The van der Waals surface area contributed by atoms with Gasteiger partial charge in [-0.1, -0.05) is 5.21 Å². The Balaban J connectivity index is 2.16. The van der Waals surface area contributed by atoms with Gasteiger partial charge in [-0.2, -0.15) is 0 Å². The monoisotopic (exact) mass is 278 g/mol. The van der Waals surface area contributed by atoms with E-state index < -0.39 is 34.8 Å². The molecular weight excluding hydrogens is 271 g/mol. The number of aromatic nitrogens is 3. The summed E-state index contributed by atoms with van der Waals surface area (Å²) >= 11 is 0. The normalized spacial score (nSPS) is 10.8. The van der Waals surface area contributed by atoms with Crippen molar-refractivity contribution < 1.29 is 22.0 Å². The van der Waals surface area contributed by atoms with Crippen molar-refractivity contribution in [3.05, 3.63) is 41.5 Å². The Morgan fingerprint density at radius 3 is 2.05 bits per heavy atom. The first-order valence-electron chi connectivity index (χ1n) is 5.11. The van der Waals surface area contributed by atoms with Crippen molar-refractivity contribution in [2.75, 3.05) is 11.9 Å². The summed E-state index contributed by atoms with van der Waals surface area (Å²) in [5.74, 6) is -9.94. The van der Waals surface area contributed by atoms with Gasteiger partial charge in [-0.05, 0) is 0 Å². The molecule has 0 unspecified atom stereocenters. The highest BCUT2D eigenvalue weighted by Crippen LogP contribution is 2.26. The molecule has 0 fully saturated rings. The molecule has 0 aliphatic heterocycles. The Kier molecular flexibility index (Phi) is 3.63. The maximum atomic E-state index is 13.3. The number of hydrogen-bond acceptors (Lipinski definition) is 3. The van der Waals surface area contributed by atoms with Gasteiger partial charge in [0.05, 0.1) is 12.7 Å². The summed E-state index contributed by atoms with van der Waals surface area (Å²) in [7, 11) is 0. The molecule has 4 nitrogen and oxygen atoms in total. The van der Waals surface area contributed by atoms with Crippen LogP contribution in [0.4, 0.5) is 27.6 Å². The minimum absolute atomic E-state index is 0.0816. The number of benzene rings is 1. The summed E-state index contributed by atoms with van der Waals surface area (Å²) in [6.07, 6.45) is 2.87. The molecule has 0 radical (unpaired) electrons. The van der Waals surface area contributed by atoms with E-state index in [9.17, 15) is 22.0 Å². The highest BCUT2D eigenvalue weighted by molar-refractivity contribution is 5.47. The van der Waals surface area contributed by atoms with Gasteiger partial charge in [0, 0.05) is 12.7 Å². The van der Waals surface area contributed by atoms with E-state index in [1.807, 2.05) is 0 Å². The van der Waals surface area contributed by atoms with E-state index in [4.69, 9.17) is 0 Å². The fourth-order valence-corrected chi connectivity index (χ4v) is 1.41. The fourth-order valence-electron chi connectivity index (χ4n) is 1.41. The summed E-state index contributed by atoms with van der Waals surface area (Å²) in [4.78, 5) is 0. The minimum atomic E-state index is -2.18. The van der Waals surface area contributed by atoms with Crippen molar-refractivity contribution in [2.45, 2.75) is 6.54 Å². The van der Waals surface area contributed by atoms with Crippen LogP contribution < -0.4 is 5.32 Å². The smallest absolute Gasteiger partial charge is 0.200 e. The Morgan fingerprint density at radius 1 is 0.947 bits per heavy atom. The fraction of sp³-hybridized carbons (Fsp3) is 0.200. The van der Waals surface area contributed by atoms with Crippen LogP contribution in [0.1, 0.15) is 0 Å². The summed E-state index contributed by atoms with van der Waals surface area (Å²) in [6, 6.07) is 0. The molecule has 1 aromatic heterocycles. The zero-order valence-corrected chi connectivity index (χ0v) is 9.30. The standard InChI is InChI=1S/C10H7F5N4/c11-5-6(12)8(14)10(9(15)7(5)13)16-1-3-19-4-2-17-18-19/h2,4,16H,1,3H2. The van der Waals surface area contributed by atoms with Gasteiger partial charge in [-0.25, -0.2) is 22.0 Å². The van der Waals surface area contributed by atoms with Gasteiger partial charge in [0.25, 0.3) is 0 Å². The van der Waals surface area contributed by atoms with Gasteiger partial charge in [0.1, 0.15) is 5.69 Å². The molecule has 1 N–H and O–H groups in total. The topological polar surface area (TPSA) is 42.7 Å². The predicted molar refractivity (Wildman–Crippen MR) is 54.7 cm³/mol. The molecule has 2 aromatic rings. The molecule has 0 saturated carbocycles. The lowest BCUT2D eigenvalue weighted by Gasteiger charge is -2.10. The molecule has 1 heterocycles. The summed E-state index contributed by atoms with van der Waals surface area (Å²) in [5.41, 5.74) is -1.06. The molecule has 0 atom stereocenters. The van der Waals surface area contributed by atoms with Crippen molar-refractivity contribution in [3.63, 3.8) is 0 Å². The van der Waals surface area contributed by atoms with Crippen LogP contribution in [-0.2, 0) is 6.54 Å². The second-order valence-corrected chi connectivity index (χ2v) is 3.54. The van der Waals surface area contributed by atoms with Crippen molar-refractivity contribution in [2.24, 2.45) is 0 Å². The lowest BCUT2D eigenvalue weighted by Crippen LogP contribution is -2.15. The van der Waals surface area contributed by atoms with Crippen LogP contribution in [0.3, 0.4) is 0 Å². The highest BCUT2D eigenvalue weighted by atomic mass is 19.2. The van der Waals surface area contributed by atoms with E-state index in [-0.39, 0.29) is 13.1 Å². The molecule has 0 saturated heterocycles. The van der Waals surface area contributed by atoms with E-state index in [1.165, 1.54) is 17.1 Å². The number of anilines is 1. The summed E-state index contributed by atoms with van der Waals surface area (Å²) in [5, 5.41) is 9.21. The second-order valence-electron chi connectivity index (χ2n) is 3.54. The van der Waals surface area contributed by atoms with Gasteiger partial charge in [-0.15, -0.1) is 5.10 Å². The van der Waals surface area contributed by atoms with Crippen molar-refractivity contribution in [1.29, 1.82) is 0 Å². The molecule has 0 amide bonds.